The number of benzene rings is 2. The third-order valence-corrected chi connectivity index (χ3v) is 5.90. The Bertz CT molecular complexity index is 1090. The van der Waals surface area contributed by atoms with Gasteiger partial charge >= 0.3 is 0 Å². The van der Waals surface area contributed by atoms with Gasteiger partial charge < -0.3 is 14.2 Å². The lowest BCUT2D eigenvalue weighted by molar-refractivity contribution is -0.384. The van der Waals surface area contributed by atoms with Crippen molar-refractivity contribution in [2.75, 3.05) is 31.1 Å². The van der Waals surface area contributed by atoms with Gasteiger partial charge in [-0.1, -0.05) is 41.5 Å². The standard InChI is InChI=1S/C22H20ClN3O3S/c1-15-2-5-17(6-3-15)24-10-12-25(13-11-24)22(30)21-9-8-20(29-21)18-7-4-16(23)14-19(18)26(27)28/h2-9,14H,10-13H2,1H3. The maximum atomic E-state index is 11.4. The zero-order valence-corrected chi connectivity index (χ0v) is 17.9. The van der Waals surface area contributed by atoms with Gasteiger partial charge in [0.2, 0.25) is 0 Å². The average Bonchev–Trinajstić information content (AvgIpc) is 3.24. The van der Waals surface area contributed by atoms with Crippen LogP contribution in [0.4, 0.5) is 11.4 Å². The van der Waals surface area contributed by atoms with Crippen molar-refractivity contribution in [1.29, 1.82) is 0 Å². The van der Waals surface area contributed by atoms with E-state index in [9.17, 15) is 10.1 Å². The maximum absolute atomic E-state index is 11.4. The van der Waals surface area contributed by atoms with Gasteiger partial charge in [0, 0.05) is 43.0 Å². The number of anilines is 1. The Kier molecular flexibility index (Phi) is 5.74. The summed E-state index contributed by atoms with van der Waals surface area (Å²) in [5.74, 6) is 0.932. The zero-order valence-electron chi connectivity index (χ0n) is 16.4. The van der Waals surface area contributed by atoms with Crippen LogP contribution in [0.5, 0.6) is 0 Å². The number of nitrogens with zero attached hydrogens (tertiary/aromatic N) is 3. The molecule has 0 unspecified atom stereocenters. The molecule has 3 aromatic rings. The summed E-state index contributed by atoms with van der Waals surface area (Å²) in [5.41, 5.74) is 2.73. The number of nitro groups is 1. The SMILES string of the molecule is Cc1ccc(N2CCN(C(=S)c3ccc(-c4ccc(Cl)cc4[N+](=O)[O-])o3)CC2)cc1. The highest BCUT2D eigenvalue weighted by molar-refractivity contribution is 7.80. The Morgan fingerprint density at radius 3 is 2.43 bits per heavy atom. The first-order chi connectivity index (χ1) is 14.4. The van der Waals surface area contributed by atoms with Crippen LogP contribution in [-0.2, 0) is 0 Å². The van der Waals surface area contributed by atoms with Crippen LogP contribution in [0.2, 0.25) is 5.02 Å². The molecule has 1 saturated heterocycles. The molecule has 0 amide bonds. The first-order valence-corrected chi connectivity index (χ1v) is 10.4. The summed E-state index contributed by atoms with van der Waals surface area (Å²) in [5, 5.41) is 11.7. The quantitative estimate of drug-likeness (QED) is 0.310. The van der Waals surface area contributed by atoms with Gasteiger partial charge in [0.1, 0.15) is 10.7 Å². The minimum atomic E-state index is -0.466. The molecule has 30 heavy (non-hydrogen) atoms. The van der Waals surface area contributed by atoms with E-state index in [0.29, 0.717) is 27.1 Å². The van der Waals surface area contributed by atoms with Crippen molar-refractivity contribution < 1.29 is 9.34 Å². The predicted octanol–water partition coefficient (Wildman–Crippen LogP) is 5.31. The van der Waals surface area contributed by atoms with Crippen LogP contribution in [0.1, 0.15) is 11.3 Å². The van der Waals surface area contributed by atoms with E-state index in [2.05, 4.69) is 41.0 Å². The second-order valence-corrected chi connectivity index (χ2v) is 8.02. The number of thiocarbonyl (C=S) groups is 1. The molecule has 1 aromatic heterocycles. The minimum Gasteiger partial charge on any atom is -0.453 e. The lowest BCUT2D eigenvalue weighted by atomic mass is 10.1. The third kappa shape index (κ3) is 4.17. The molecule has 8 heteroatoms. The lowest BCUT2D eigenvalue weighted by Gasteiger charge is -2.37. The summed E-state index contributed by atoms with van der Waals surface area (Å²) in [6.07, 6.45) is 0. The number of rotatable bonds is 4. The number of hydrogen-bond acceptors (Lipinski definition) is 5. The second kappa shape index (κ2) is 8.45. The van der Waals surface area contributed by atoms with Gasteiger partial charge in [-0.25, -0.2) is 0 Å². The largest absolute Gasteiger partial charge is 0.453 e. The minimum absolute atomic E-state index is 0.0963. The molecule has 0 radical (unpaired) electrons. The Hall–Kier alpha value is -2.90. The molecule has 4 rings (SSSR count). The summed E-state index contributed by atoms with van der Waals surface area (Å²) < 4.78 is 5.90. The molecule has 154 valence electrons. The van der Waals surface area contributed by atoms with Crippen molar-refractivity contribution in [3.8, 4) is 11.3 Å². The highest BCUT2D eigenvalue weighted by Gasteiger charge is 2.24. The average molecular weight is 442 g/mol. The number of hydrogen-bond donors (Lipinski definition) is 0. The fraction of sp³-hybridized carbons (Fsp3) is 0.227. The van der Waals surface area contributed by atoms with E-state index in [4.69, 9.17) is 28.2 Å². The van der Waals surface area contributed by atoms with Crippen LogP contribution in [0.15, 0.2) is 59.0 Å². The number of nitro benzene ring substituents is 1. The van der Waals surface area contributed by atoms with Gasteiger partial charge in [-0.05, 0) is 43.3 Å². The Balaban J connectivity index is 1.47. The summed E-state index contributed by atoms with van der Waals surface area (Å²) in [7, 11) is 0. The van der Waals surface area contributed by atoms with Gasteiger partial charge in [0.25, 0.3) is 5.69 Å². The van der Waals surface area contributed by atoms with E-state index in [1.165, 1.54) is 17.3 Å². The number of aryl methyl sites for hydroxylation is 1. The molecule has 0 spiro atoms. The second-order valence-electron chi connectivity index (χ2n) is 7.20. The van der Waals surface area contributed by atoms with E-state index in [1.54, 1.807) is 24.3 Å². The van der Waals surface area contributed by atoms with E-state index in [-0.39, 0.29) is 5.69 Å². The summed E-state index contributed by atoms with van der Waals surface area (Å²) in [6, 6.07) is 16.5. The molecule has 0 aliphatic carbocycles. The predicted molar refractivity (Wildman–Crippen MR) is 122 cm³/mol. The normalized spacial score (nSPS) is 14.1. The van der Waals surface area contributed by atoms with E-state index < -0.39 is 4.92 Å². The molecule has 0 N–H and O–H groups in total. The molecule has 0 saturated carbocycles. The number of furan rings is 1. The van der Waals surface area contributed by atoms with Crippen molar-refractivity contribution >= 4 is 40.2 Å². The van der Waals surface area contributed by atoms with Crippen LogP contribution in [0.3, 0.4) is 0 Å². The molecule has 6 nitrogen and oxygen atoms in total. The fourth-order valence-corrected chi connectivity index (χ4v) is 4.00. The van der Waals surface area contributed by atoms with Gasteiger partial charge in [-0.2, -0.15) is 0 Å². The van der Waals surface area contributed by atoms with Crippen LogP contribution in [0.25, 0.3) is 11.3 Å². The molecular weight excluding hydrogens is 422 g/mol. The molecular formula is C22H20ClN3O3S. The van der Waals surface area contributed by atoms with E-state index in [0.717, 1.165) is 26.2 Å². The highest BCUT2D eigenvalue weighted by atomic mass is 35.5. The van der Waals surface area contributed by atoms with Crippen LogP contribution in [-0.4, -0.2) is 41.0 Å². The fourth-order valence-electron chi connectivity index (χ4n) is 3.54. The molecule has 2 heterocycles. The van der Waals surface area contributed by atoms with Gasteiger partial charge in [0.15, 0.2) is 5.76 Å². The van der Waals surface area contributed by atoms with Crippen molar-refractivity contribution in [3.05, 3.63) is 81.1 Å². The molecule has 1 fully saturated rings. The van der Waals surface area contributed by atoms with Crippen LogP contribution >= 0.6 is 23.8 Å². The van der Waals surface area contributed by atoms with Crippen LogP contribution < -0.4 is 4.90 Å². The first-order valence-electron chi connectivity index (χ1n) is 9.57. The molecule has 0 bridgehead atoms. The summed E-state index contributed by atoms with van der Waals surface area (Å²) >= 11 is 11.5. The third-order valence-electron chi connectivity index (χ3n) is 5.20. The molecule has 1 aliphatic rings. The van der Waals surface area contributed by atoms with E-state index >= 15 is 0 Å². The Morgan fingerprint density at radius 2 is 1.77 bits per heavy atom. The highest BCUT2D eigenvalue weighted by Crippen LogP contribution is 2.33. The molecule has 2 aromatic carbocycles. The zero-order chi connectivity index (χ0) is 21.3. The van der Waals surface area contributed by atoms with Crippen LogP contribution in [0, 0.1) is 17.0 Å². The van der Waals surface area contributed by atoms with Gasteiger partial charge in [-0.3, -0.25) is 10.1 Å². The van der Waals surface area contributed by atoms with E-state index in [1.807, 2.05) is 0 Å². The number of halogens is 1. The van der Waals surface area contributed by atoms with Crippen molar-refractivity contribution in [3.63, 3.8) is 0 Å². The van der Waals surface area contributed by atoms with Gasteiger partial charge in [-0.15, -0.1) is 0 Å². The van der Waals surface area contributed by atoms with Crippen molar-refractivity contribution in [1.82, 2.24) is 4.90 Å². The van der Waals surface area contributed by atoms with Crippen molar-refractivity contribution in [2.24, 2.45) is 0 Å². The summed E-state index contributed by atoms with van der Waals surface area (Å²) in [6.45, 7) is 5.36. The number of piperazine rings is 1. The Labute approximate surface area is 184 Å². The maximum Gasteiger partial charge on any atom is 0.281 e. The van der Waals surface area contributed by atoms with Crippen molar-refractivity contribution in [2.45, 2.75) is 6.92 Å². The van der Waals surface area contributed by atoms with Gasteiger partial charge in [0.05, 0.1) is 10.5 Å². The molecule has 1 aliphatic heterocycles. The lowest BCUT2D eigenvalue weighted by Crippen LogP contribution is -2.48. The Morgan fingerprint density at radius 1 is 1.07 bits per heavy atom. The first kappa shape index (κ1) is 20.4. The smallest absolute Gasteiger partial charge is 0.281 e. The molecule has 0 atom stereocenters. The summed E-state index contributed by atoms with van der Waals surface area (Å²) in [4.78, 5) is 16.0. The topological polar surface area (TPSA) is 62.8 Å². The monoisotopic (exact) mass is 441 g/mol.